The van der Waals surface area contributed by atoms with Gasteiger partial charge in [0, 0.05) is 18.8 Å². The molecule has 0 saturated heterocycles. The van der Waals surface area contributed by atoms with E-state index in [-0.39, 0.29) is 0 Å². The highest BCUT2D eigenvalue weighted by atomic mass is 16.3. The number of aliphatic hydroxyl groups is 2. The summed E-state index contributed by atoms with van der Waals surface area (Å²) in [6, 6.07) is 4.28. The van der Waals surface area contributed by atoms with Crippen LogP contribution in [0, 0.1) is 20.8 Å². The zero-order chi connectivity index (χ0) is 13.9. The first-order chi connectivity index (χ1) is 8.31. The number of anilines is 1. The molecule has 0 aliphatic carbocycles. The van der Waals surface area contributed by atoms with E-state index in [1.54, 1.807) is 13.8 Å². The van der Waals surface area contributed by atoms with Gasteiger partial charge in [-0.05, 0) is 45.7 Å². The lowest BCUT2D eigenvalue weighted by Gasteiger charge is -2.30. The molecule has 2 unspecified atom stereocenters. The van der Waals surface area contributed by atoms with Gasteiger partial charge in [-0.25, -0.2) is 0 Å². The molecule has 3 nitrogen and oxygen atoms in total. The Morgan fingerprint density at radius 2 is 1.33 bits per heavy atom. The third-order valence-electron chi connectivity index (χ3n) is 2.92. The average Bonchev–Trinajstić information content (AvgIpc) is 2.12. The molecule has 0 aliphatic rings. The molecule has 18 heavy (non-hydrogen) atoms. The number of aryl methyl sites for hydroxylation is 3. The first-order valence-electron chi connectivity index (χ1n) is 6.50. The number of aliphatic hydroxyl groups excluding tert-OH is 2. The van der Waals surface area contributed by atoms with Gasteiger partial charge in [-0.2, -0.15) is 0 Å². The van der Waals surface area contributed by atoms with Gasteiger partial charge in [0.1, 0.15) is 0 Å². The monoisotopic (exact) mass is 251 g/mol. The van der Waals surface area contributed by atoms with Gasteiger partial charge in [-0.15, -0.1) is 0 Å². The van der Waals surface area contributed by atoms with E-state index in [0.29, 0.717) is 13.1 Å². The minimum Gasteiger partial charge on any atom is -0.392 e. The van der Waals surface area contributed by atoms with Gasteiger partial charge < -0.3 is 15.1 Å². The maximum Gasteiger partial charge on any atom is 0.0687 e. The fraction of sp³-hybridized carbons (Fsp3) is 0.600. The van der Waals surface area contributed by atoms with Crippen LogP contribution in [0.4, 0.5) is 5.69 Å². The molecule has 0 aliphatic heterocycles. The summed E-state index contributed by atoms with van der Waals surface area (Å²) < 4.78 is 0. The van der Waals surface area contributed by atoms with Gasteiger partial charge in [0.2, 0.25) is 0 Å². The van der Waals surface area contributed by atoms with Crippen molar-refractivity contribution in [1.82, 2.24) is 0 Å². The van der Waals surface area contributed by atoms with E-state index >= 15 is 0 Å². The van der Waals surface area contributed by atoms with E-state index in [2.05, 4.69) is 37.8 Å². The molecule has 0 aromatic heterocycles. The highest BCUT2D eigenvalue weighted by Gasteiger charge is 2.16. The summed E-state index contributed by atoms with van der Waals surface area (Å²) in [6.07, 6.45) is -0.826. The Morgan fingerprint density at radius 3 is 1.67 bits per heavy atom. The number of hydrogen-bond donors (Lipinski definition) is 2. The quantitative estimate of drug-likeness (QED) is 0.843. The van der Waals surface area contributed by atoms with Crippen LogP contribution >= 0.6 is 0 Å². The van der Waals surface area contributed by atoms with Crippen molar-refractivity contribution in [3.8, 4) is 0 Å². The van der Waals surface area contributed by atoms with Crippen LogP contribution in [0.15, 0.2) is 12.1 Å². The van der Waals surface area contributed by atoms with Crippen molar-refractivity contribution >= 4 is 5.69 Å². The predicted octanol–water partition coefficient (Wildman–Crippen LogP) is 2.18. The minimum absolute atomic E-state index is 0.413. The first kappa shape index (κ1) is 15.0. The Bertz CT molecular complexity index is 366. The molecule has 0 amide bonds. The summed E-state index contributed by atoms with van der Waals surface area (Å²) in [5.74, 6) is 0. The Labute approximate surface area is 110 Å². The third-order valence-corrected chi connectivity index (χ3v) is 2.92. The number of rotatable bonds is 5. The first-order valence-corrected chi connectivity index (χ1v) is 6.50. The number of benzene rings is 1. The summed E-state index contributed by atoms with van der Waals surface area (Å²) in [4.78, 5) is 2.07. The normalized spacial score (nSPS) is 14.4. The second kappa shape index (κ2) is 6.21. The molecule has 0 fully saturated rings. The Kier molecular flexibility index (Phi) is 5.17. The van der Waals surface area contributed by atoms with Gasteiger partial charge in [0.15, 0.2) is 0 Å². The van der Waals surface area contributed by atoms with Crippen molar-refractivity contribution in [3.05, 3.63) is 28.8 Å². The summed E-state index contributed by atoms with van der Waals surface area (Å²) >= 11 is 0. The van der Waals surface area contributed by atoms with Crippen molar-refractivity contribution in [2.24, 2.45) is 0 Å². The standard InChI is InChI=1S/C15H25NO2/c1-10-6-11(2)15(12(3)7-10)16(8-13(4)17)9-14(5)18/h6-7,13-14,17-18H,8-9H2,1-5H3. The van der Waals surface area contributed by atoms with E-state index < -0.39 is 12.2 Å². The second-order valence-corrected chi connectivity index (χ2v) is 5.35. The molecule has 0 radical (unpaired) electrons. The molecule has 102 valence electrons. The molecule has 0 heterocycles. The largest absolute Gasteiger partial charge is 0.392 e. The van der Waals surface area contributed by atoms with Crippen LogP contribution in [0.3, 0.4) is 0 Å². The van der Waals surface area contributed by atoms with Crippen LogP contribution in [0.25, 0.3) is 0 Å². The van der Waals surface area contributed by atoms with Crippen LogP contribution in [0.5, 0.6) is 0 Å². The van der Waals surface area contributed by atoms with Crippen molar-refractivity contribution in [3.63, 3.8) is 0 Å². The van der Waals surface area contributed by atoms with Crippen LogP contribution in [0.1, 0.15) is 30.5 Å². The maximum atomic E-state index is 9.61. The molecule has 2 atom stereocenters. The summed E-state index contributed by atoms with van der Waals surface area (Å²) in [5, 5.41) is 19.2. The molecular formula is C15H25NO2. The number of nitrogens with zero attached hydrogens (tertiary/aromatic N) is 1. The van der Waals surface area contributed by atoms with Gasteiger partial charge in [-0.1, -0.05) is 17.7 Å². The van der Waals surface area contributed by atoms with Gasteiger partial charge in [-0.3, -0.25) is 0 Å². The maximum absolute atomic E-state index is 9.61. The topological polar surface area (TPSA) is 43.7 Å². The third kappa shape index (κ3) is 4.00. The lowest BCUT2D eigenvalue weighted by molar-refractivity contribution is 0.178. The molecular weight excluding hydrogens is 226 g/mol. The van der Waals surface area contributed by atoms with Crippen molar-refractivity contribution in [1.29, 1.82) is 0 Å². The molecule has 0 spiro atoms. The highest BCUT2D eigenvalue weighted by molar-refractivity contribution is 5.60. The fourth-order valence-corrected chi connectivity index (χ4v) is 2.57. The summed E-state index contributed by atoms with van der Waals surface area (Å²) in [5.41, 5.74) is 4.74. The van der Waals surface area contributed by atoms with E-state index in [4.69, 9.17) is 0 Å². The zero-order valence-corrected chi connectivity index (χ0v) is 12.1. The second-order valence-electron chi connectivity index (χ2n) is 5.35. The Morgan fingerprint density at radius 1 is 0.944 bits per heavy atom. The van der Waals surface area contributed by atoms with Gasteiger partial charge >= 0.3 is 0 Å². The smallest absolute Gasteiger partial charge is 0.0687 e. The lowest BCUT2D eigenvalue weighted by atomic mass is 10.0. The highest BCUT2D eigenvalue weighted by Crippen LogP contribution is 2.26. The van der Waals surface area contributed by atoms with E-state index in [0.717, 1.165) is 5.69 Å². The van der Waals surface area contributed by atoms with Crippen molar-refractivity contribution < 1.29 is 10.2 Å². The molecule has 3 heteroatoms. The fourth-order valence-electron chi connectivity index (χ4n) is 2.57. The van der Waals surface area contributed by atoms with Gasteiger partial charge in [0.25, 0.3) is 0 Å². The lowest BCUT2D eigenvalue weighted by Crippen LogP contribution is -2.37. The van der Waals surface area contributed by atoms with Gasteiger partial charge in [0.05, 0.1) is 12.2 Å². The predicted molar refractivity (Wildman–Crippen MR) is 76.2 cm³/mol. The molecule has 2 N–H and O–H groups in total. The van der Waals surface area contributed by atoms with Crippen molar-refractivity contribution in [2.45, 2.75) is 46.8 Å². The van der Waals surface area contributed by atoms with E-state index in [9.17, 15) is 10.2 Å². The van der Waals surface area contributed by atoms with Crippen LogP contribution in [-0.4, -0.2) is 35.5 Å². The van der Waals surface area contributed by atoms with Crippen molar-refractivity contribution in [2.75, 3.05) is 18.0 Å². The SMILES string of the molecule is Cc1cc(C)c(N(CC(C)O)CC(C)O)c(C)c1. The molecule has 1 aromatic rings. The number of hydrogen-bond acceptors (Lipinski definition) is 3. The van der Waals surface area contributed by atoms with E-state index in [1.165, 1.54) is 16.7 Å². The molecule has 0 saturated carbocycles. The van der Waals surface area contributed by atoms with Crippen LogP contribution in [0.2, 0.25) is 0 Å². The summed E-state index contributed by atoms with van der Waals surface area (Å²) in [7, 11) is 0. The minimum atomic E-state index is -0.413. The summed E-state index contributed by atoms with van der Waals surface area (Å²) in [6.45, 7) is 10.9. The molecule has 1 rings (SSSR count). The van der Waals surface area contributed by atoms with Crippen LogP contribution < -0.4 is 4.90 Å². The van der Waals surface area contributed by atoms with E-state index in [1.807, 2.05) is 0 Å². The Hall–Kier alpha value is -1.06. The average molecular weight is 251 g/mol. The Balaban J connectivity index is 3.11. The molecule has 1 aromatic carbocycles. The zero-order valence-electron chi connectivity index (χ0n) is 12.1. The molecule has 0 bridgehead atoms. The van der Waals surface area contributed by atoms with Crippen LogP contribution in [-0.2, 0) is 0 Å².